The summed E-state index contributed by atoms with van der Waals surface area (Å²) in [4.78, 5) is 9.18. The normalized spacial score (nSPS) is 10.7. The maximum Gasteiger partial charge on any atom is 0.145 e. The van der Waals surface area contributed by atoms with Gasteiger partial charge in [-0.2, -0.15) is 0 Å². The molecule has 0 aliphatic carbocycles. The van der Waals surface area contributed by atoms with Crippen LogP contribution in [0.1, 0.15) is 5.56 Å². The van der Waals surface area contributed by atoms with Crippen LogP contribution in [-0.4, -0.2) is 9.97 Å². The van der Waals surface area contributed by atoms with E-state index in [1.807, 2.05) is 13.0 Å². The van der Waals surface area contributed by atoms with Gasteiger partial charge in [0.05, 0.1) is 5.51 Å². The first-order valence-electron chi connectivity index (χ1n) is 3.14. The first-order chi connectivity index (χ1) is 5.27. The van der Waals surface area contributed by atoms with Gasteiger partial charge in [-0.05, 0) is 18.6 Å². The molecule has 0 atom stereocenters. The number of aromatic nitrogens is 2. The SMILES string of the molecule is Cc1cc2ncsc2nc1Cl. The molecule has 0 aliphatic heterocycles. The highest BCUT2D eigenvalue weighted by Crippen LogP contribution is 2.21. The van der Waals surface area contributed by atoms with Crippen LogP contribution in [0.3, 0.4) is 0 Å². The molecule has 0 fully saturated rings. The molecule has 0 saturated heterocycles. The Morgan fingerprint density at radius 2 is 2.36 bits per heavy atom. The third kappa shape index (κ3) is 1.10. The molecule has 0 N–H and O–H groups in total. The lowest BCUT2D eigenvalue weighted by Crippen LogP contribution is -1.80. The van der Waals surface area contributed by atoms with Crippen LogP contribution in [0.4, 0.5) is 0 Å². The van der Waals surface area contributed by atoms with E-state index in [0.717, 1.165) is 15.9 Å². The number of aryl methyl sites for hydroxylation is 1. The Morgan fingerprint density at radius 3 is 3.18 bits per heavy atom. The molecule has 11 heavy (non-hydrogen) atoms. The third-order valence-corrected chi connectivity index (χ3v) is 2.57. The average Bonchev–Trinajstić information content (AvgIpc) is 2.36. The van der Waals surface area contributed by atoms with Crippen LogP contribution >= 0.6 is 22.9 Å². The predicted octanol–water partition coefficient (Wildman–Crippen LogP) is 2.65. The van der Waals surface area contributed by atoms with Gasteiger partial charge in [0.15, 0.2) is 0 Å². The molecular formula is C7H5ClN2S. The summed E-state index contributed by atoms with van der Waals surface area (Å²) in [6, 6.07) is 1.95. The minimum absolute atomic E-state index is 0.571. The van der Waals surface area contributed by atoms with Gasteiger partial charge in [-0.15, -0.1) is 11.3 Å². The molecule has 2 nitrogen and oxygen atoms in total. The second-order valence-electron chi connectivity index (χ2n) is 2.27. The topological polar surface area (TPSA) is 25.8 Å². The van der Waals surface area contributed by atoms with E-state index in [-0.39, 0.29) is 0 Å². The summed E-state index contributed by atoms with van der Waals surface area (Å²) in [6.45, 7) is 1.92. The van der Waals surface area contributed by atoms with Crippen LogP contribution in [0.25, 0.3) is 10.3 Å². The molecule has 0 aliphatic rings. The number of fused-ring (bicyclic) bond motifs is 1. The molecule has 0 bridgehead atoms. The van der Waals surface area contributed by atoms with Gasteiger partial charge in [-0.1, -0.05) is 11.6 Å². The highest BCUT2D eigenvalue weighted by atomic mass is 35.5. The van der Waals surface area contributed by atoms with Crippen molar-refractivity contribution in [2.75, 3.05) is 0 Å². The molecule has 0 amide bonds. The smallest absolute Gasteiger partial charge is 0.145 e. The lowest BCUT2D eigenvalue weighted by Gasteiger charge is -1.93. The summed E-state index contributed by atoms with van der Waals surface area (Å²) in [5, 5.41) is 0.571. The van der Waals surface area contributed by atoms with Crippen molar-refractivity contribution in [1.82, 2.24) is 9.97 Å². The summed E-state index contributed by atoms with van der Waals surface area (Å²) in [6.07, 6.45) is 0. The molecule has 0 radical (unpaired) electrons. The Balaban J connectivity index is 2.86. The second kappa shape index (κ2) is 2.43. The molecule has 2 heterocycles. The van der Waals surface area contributed by atoms with Crippen molar-refractivity contribution in [2.24, 2.45) is 0 Å². The van der Waals surface area contributed by atoms with Gasteiger partial charge in [0.2, 0.25) is 0 Å². The Hall–Kier alpha value is -0.670. The fraction of sp³-hybridized carbons (Fsp3) is 0.143. The van der Waals surface area contributed by atoms with Gasteiger partial charge in [-0.3, -0.25) is 0 Å². The number of thiazole rings is 1. The van der Waals surface area contributed by atoms with Crippen molar-refractivity contribution in [3.63, 3.8) is 0 Å². The average molecular weight is 185 g/mol. The van der Waals surface area contributed by atoms with Gasteiger partial charge in [-0.25, -0.2) is 9.97 Å². The zero-order chi connectivity index (χ0) is 7.84. The van der Waals surface area contributed by atoms with E-state index < -0.39 is 0 Å². The van der Waals surface area contributed by atoms with E-state index in [4.69, 9.17) is 11.6 Å². The van der Waals surface area contributed by atoms with Crippen LogP contribution in [0.2, 0.25) is 5.15 Å². The number of hydrogen-bond acceptors (Lipinski definition) is 3. The molecule has 2 aromatic heterocycles. The molecule has 2 rings (SSSR count). The maximum absolute atomic E-state index is 5.81. The first-order valence-corrected chi connectivity index (χ1v) is 4.39. The predicted molar refractivity (Wildman–Crippen MR) is 47.2 cm³/mol. The van der Waals surface area contributed by atoms with Crippen LogP contribution in [-0.2, 0) is 0 Å². The Kier molecular flexibility index (Phi) is 1.55. The van der Waals surface area contributed by atoms with E-state index in [9.17, 15) is 0 Å². The zero-order valence-electron chi connectivity index (χ0n) is 5.84. The van der Waals surface area contributed by atoms with Crippen LogP contribution in [0, 0.1) is 6.92 Å². The monoisotopic (exact) mass is 184 g/mol. The minimum atomic E-state index is 0.571. The number of pyridine rings is 1. The van der Waals surface area contributed by atoms with E-state index in [1.165, 1.54) is 11.3 Å². The lowest BCUT2D eigenvalue weighted by molar-refractivity contribution is 1.33. The number of hydrogen-bond donors (Lipinski definition) is 0. The van der Waals surface area contributed by atoms with Crippen LogP contribution < -0.4 is 0 Å². The Morgan fingerprint density at radius 1 is 1.55 bits per heavy atom. The molecule has 0 unspecified atom stereocenters. The van der Waals surface area contributed by atoms with Gasteiger partial charge < -0.3 is 0 Å². The summed E-state index contributed by atoms with van der Waals surface area (Å²) in [5.41, 5.74) is 3.68. The van der Waals surface area contributed by atoms with E-state index in [0.29, 0.717) is 5.15 Å². The highest BCUT2D eigenvalue weighted by molar-refractivity contribution is 7.16. The third-order valence-electron chi connectivity index (χ3n) is 1.45. The van der Waals surface area contributed by atoms with Crippen molar-refractivity contribution < 1.29 is 0 Å². The van der Waals surface area contributed by atoms with Crippen molar-refractivity contribution in [2.45, 2.75) is 6.92 Å². The summed E-state index contributed by atoms with van der Waals surface area (Å²) >= 11 is 7.32. The molecule has 0 spiro atoms. The molecule has 0 saturated carbocycles. The van der Waals surface area contributed by atoms with Gasteiger partial charge in [0.1, 0.15) is 15.5 Å². The second-order valence-corrected chi connectivity index (χ2v) is 3.46. The fourth-order valence-electron chi connectivity index (χ4n) is 0.873. The molecule has 2 aromatic rings. The van der Waals surface area contributed by atoms with Crippen molar-refractivity contribution in [3.05, 3.63) is 22.3 Å². The van der Waals surface area contributed by atoms with Crippen LogP contribution in [0.15, 0.2) is 11.6 Å². The van der Waals surface area contributed by atoms with Crippen LogP contribution in [0.5, 0.6) is 0 Å². The minimum Gasteiger partial charge on any atom is -0.243 e. The first kappa shape index (κ1) is 7.00. The number of halogens is 1. The molecule has 56 valence electrons. The summed E-state index contributed by atoms with van der Waals surface area (Å²) in [7, 11) is 0. The molecular weight excluding hydrogens is 180 g/mol. The van der Waals surface area contributed by atoms with E-state index in [1.54, 1.807) is 5.51 Å². The van der Waals surface area contributed by atoms with E-state index in [2.05, 4.69) is 9.97 Å². The van der Waals surface area contributed by atoms with Crippen molar-refractivity contribution in [1.29, 1.82) is 0 Å². The molecule has 4 heteroatoms. The van der Waals surface area contributed by atoms with Crippen molar-refractivity contribution in [3.8, 4) is 0 Å². The quantitative estimate of drug-likeness (QED) is 0.589. The van der Waals surface area contributed by atoms with Crippen molar-refractivity contribution >= 4 is 33.3 Å². The van der Waals surface area contributed by atoms with Gasteiger partial charge in [0.25, 0.3) is 0 Å². The lowest BCUT2D eigenvalue weighted by atomic mass is 10.3. The zero-order valence-corrected chi connectivity index (χ0v) is 7.41. The standard InChI is InChI=1S/C7H5ClN2S/c1-4-2-5-7(10-6(4)8)11-3-9-5/h2-3H,1H3. The van der Waals surface area contributed by atoms with Gasteiger partial charge in [0, 0.05) is 0 Å². The summed E-state index contributed by atoms with van der Waals surface area (Å²) < 4.78 is 0. The van der Waals surface area contributed by atoms with E-state index >= 15 is 0 Å². The Bertz CT molecular complexity index is 360. The highest BCUT2D eigenvalue weighted by Gasteiger charge is 2.01. The number of rotatable bonds is 0. The Labute approximate surface area is 72.9 Å². The fourth-order valence-corrected chi connectivity index (χ4v) is 1.70. The van der Waals surface area contributed by atoms with Gasteiger partial charge >= 0.3 is 0 Å². The largest absolute Gasteiger partial charge is 0.243 e. The molecule has 0 aromatic carbocycles. The summed E-state index contributed by atoms with van der Waals surface area (Å²) in [5.74, 6) is 0. The number of nitrogens with zero attached hydrogens (tertiary/aromatic N) is 2. The maximum atomic E-state index is 5.81.